The first kappa shape index (κ1) is 18.2. The van der Waals surface area contributed by atoms with Crippen molar-refractivity contribution in [2.75, 3.05) is 6.54 Å². The van der Waals surface area contributed by atoms with Crippen LogP contribution in [0, 0.1) is 20.8 Å². The summed E-state index contributed by atoms with van der Waals surface area (Å²) in [5, 5.41) is 3.06. The van der Waals surface area contributed by atoms with E-state index in [1.165, 1.54) is 23.6 Å². The van der Waals surface area contributed by atoms with Crippen LogP contribution in [0.5, 0.6) is 0 Å². The number of amides is 2. The lowest BCUT2D eigenvalue weighted by atomic mass is 9.91. The average molecular weight is 350 g/mol. The van der Waals surface area contributed by atoms with Crippen molar-refractivity contribution < 1.29 is 9.59 Å². The Hall–Kier alpha value is -2.62. The fourth-order valence-corrected chi connectivity index (χ4v) is 3.95. The molecule has 0 aliphatic carbocycles. The monoisotopic (exact) mass is 350 g/mol. The summed E-state index contributed by atoms with van der Waals surface area (Å²) in [6.45, 7) is 8.79. The molecule has 2 aromatic carbocycles. The first-order valence-electron chi connectivity index (χ1n) is 9.08. The number of hydrogen-bond acceptors (Lipinski definition) is 2. The van der Waals surface area contributed by atoms with Gasteiger partial charge >= 0.3 is 0 Å². The molecule has 0 saturated heterocycles. The number of nitrogens with zero attached hydrogens (tertiary/aromatic N) is 1. The van der Waals surface area contributed by atoms with Crippen molar-refractivity contribution in [2.45, 2.75) is 46.7 Å². The van der Waals surface area contributed by atoms with Gasteiger partial charge in [-0.05, 0) is 55.0 Å². The molecule has 0 fully saturated rings. The molecule has 136 valence electrons. The molecule has 1 atom stereocenters. The highest BCUT2D eigenvalue weighted by Gasteiger charge is 2.34. The standard InChI is InChI=1S/C22H26N2O2/c1-14-11-15(2)20(16(3)12-14)13-23-22(26)21-19-8-6-5-7-18(19)9-10-24(21)17(4)25/h5-8,11-12,21H,9-10,13H2,1-4H3,(H,23,26)/t21-/m0/s1. The zero-order chi connectivity index (χ0) is 18.8. The van der Waals surface area contributed by atoms with E-state index in [4.69, 9.17) is 0 Å². The number of carbonyl (C=O) groups excluding carboxylic acids is 2. The van der Waals surface area contributed by atoms with E-state index in [0.29, 0.717) is 13.1 Å². The Labute approximate surface area is 155 Å². The third-order valence-corrected chi connectivity index (χ3v) is 5.22. The van der Waals surface area contributed by atoms with Crippen molar-refractivity contribution in [1.29, 1.82) is 0 Å². The van der Waals surface area contributed by atoms with Crippen LogP contribution >= 0.6 is 0 Å². The summed E-state index contributed by atoms with van der Waals surface area (Å²) in [5.74, 6) is -0.186. The normalized spacial score (nSPS) is 16.2. The van der Waals surface area contributed by atoms with Crippen molar-refractivity contribution in [3.05, 3.63) is 69.8 Å². The summed E-state index contributed by atoms with van der Waals surface area (Å²) in [7, 11) is 0. The van der Waals surface area contributed by atoms with Gasteiger partial charge < -0.3 is 10.2 Å². The molecular formula is C22H26N2O2. The van der Waals surface area contributed by atoms with Gasteiger partial charge in [0, 0.05) is 20.0 Å². The van der Waals surface area contributed by atoms with Crippen molar-refractivity contribution >= 4 is 11.8 Å². The largest absolute Gasteiger partial charge is 0.350 e. The zero-order valence-corrected chi connectivity index (χ0v) is 15.9. The van der Waals surface area contributed by atoms with E-state index < -0.39 is 6.04 Å². The van der Waals surface area contributed by atoms with Crippen LogP contribution < -0.4 is 5.32 Å². The van der Waals surface area contributed by atoms with Crippen LogP contribution in [0.1, 0.15) is 46.3 Å². The fourth-order valence-electron chi connectivity index (χ4n) is 3.95. The number of carbonyl (C=O) groups is 2. The van der Waals surface area contributed by atoms with Crippen LogP contribution in [0.4, 0.5) is 0 Å². The van der Waals surface area contributed by atoms with Crippen LogP contribution in [0.15, 0.2) is 36.4 Å². The summed E-state index contributed by atoms with van der Waals surface area (Å²) >= 11 is 0. The van der Waals surface area contributed by atoms with Crippen molar-refractivity contribution in [2.24, 2.45) is 0 Å². The number of benzene rings is 2. The minimum absolute atomic E-state index is 0.0673. The van der Waals surface area contributed by atoms with E-state index in [9.17, 15) is 9.59 Å². The lowest BCUT2D eigenvalue weighted by Crippen LogP contribution is -2.46. The number of hydrogen-bond donors (Lipinski definition) is 1. The molecule has 0 spiro atoms. The Bertz CT molecular complexity index is 834. The Balaban J connectivity index is 1.85. The van der Waals surface area contributed by atoms with Crippen LogP contribution in [0.25, 0.3) is 0 Å². The third-order valence-electron chi connectivity index (χ3n) is 5.22. The number of rotatable bonds is 3. The molecule has 0 aromatic heterocycles. The number of aryl methyl sites for hydroxylation is 3. The molecule has 0 bridgehead atoms. The van der Waals surface area contributed by atoms with E-state index in [0.717, 1.165) is 23.1 Å². The molecule has 1 N–H and O–H groups in total. The Morgan fingerprint density at radius 1 is 1.12 bits per heavy atom. The summed E-state index contributed by atoms with van der Waals surface area (Å²) in [6, 6.07) is 11.6. The fraction of sp³-hybridized carbons (Fsp3) is 0.364. The Kier molecular flexibility index (Phi) is 5.12. The molecule has 26 heavy (non-hydrogen) atoms. The average Bonchev–Trinajstić information content (AvgIpc) is 2.59. The minimum atomic E-state index is -0.552. The van der Waals surface area contributed by atoms with E-state index in [1.54, 1.807) is 4.90 Å². The molecule has 2 aromatic rings. The molecule has 1 heterocycles. The van der Waals surface area contributed by atoms with Gasteiger partial charge in [-0.1, -0.05) is 42.0 Å². The summed E-state index contributed by atoms with van der Waals surface area (Å²) < 4.78 is 0. The van der Waals surface area contributed by atoms with Crippen molar-refractivity contribution in [3.8, 4) is 0 Å². The molecular weight excluding hydrogens is 324 g/mol. The van der Waals surface area contributed by atoms with Gasteiger partial charge in [-0.15, -0.1) is 0 Å². The number of fused-ring (bicyclic) bond motifs is 1. The minimum Gasteiger partial charge on any atom is -0.350 e. The van der Waals surface area contributed by atoms with Crippen LogP contribution in [0.3, 0.4) is 0 Å². The van der Waals surface area contributed by atoms with Gasteiger partial charge in [-0.25, -0.2) is 0 Å². The zero-order valence-electron chi connectivity index (χ0n) is 15.9. The summed E-state index contributed by atoms with van der Waals surface area (Å²) in [4.78, 5) is 26.8. The molecule has 2 amide bonds. The lowest BCUT2D eigenvalue weighted by Gasteiger charge is -2.35. The third kappa shape index (κ3) is 3.50. The van der Waals surface area contributed by atoms with Gasteiger partial charge in [0.05, 0.1) is 0 Å². The lowest BCUT2D eigenvalue weighted by molar-refractivity contribution is -0.139. The van der Waals surface area contributed by atoms with Crippen molar-refractivity contribution in [1.82, 2.24) is 10.2 Å². The quantitative estimate of drug-likeness (QED) is 0.923. The van der Waals surface area contributed by atoms with E-state index in [1.807, 2.05) is 24.3 Å². The topological polar surface area (TPSA) is 49.4 Å². The second kappa shape index (κ2) is 7.32. The van der Waals surface area contributed by atoms with Crippen LogP contribution in [-0.4, -0.2) is 23.3 Å². The molecule has 4 nitrogen and oxygen atoms in total. The van der Waals surface area contributed by atoms with Gasteiger partial charge in [0.15, 0.2) is 0 Å². The van der Waals surface area contributed by atoms with Gasteiger partial charge in [0.1, 0.15) is 6.04 Å². The maximum Gasteiger partial charge on any atom is 0.247 e. The Morgan fingerprint density at radius 2 is 1.77 bits per heavy atom. The molecule has 1 aliphatic rings. The van der Waals surface area contributed by atoms with Crippen molar-refractivity contribution in [3.63, 3.8) is 0 Å². The van der Waals surface area contributed by atoms with E-state index in [2.05, 4.69) is 38.2 Å². The molecule has 1 aliphatic heterocycles. The predicted octanol–water partition coefficient (Wildman–Crippen LogP) is 3.37. The van der Waals surface area contributed by atoms with Gasteiger partial charge in [-0.3, -0.25) is 9.59 Å². The summed E-state index contributed by atoms with van der Waals surface area (Å²) in [5.41, 5.74) is 6.80. The molecule has 0 saturated carbocycles. The molecule has 0 unspecified atom stereocenters. The molecule has 3 rings (SSSR count). The first-order valence-corrected chi connectivity index (χ1v) is 9.08. The van der Waals surface area contributed by atoms with E-state index in [-0.39, 0.29) is 11.8 Å². The van der Waals surface area contributed by atoms with Gasteiger partial charge in [0.2, 0.25) is 11.8 Å². The SMILES string of the molecule is CC(=O)N1CCc2ccccc2[C@H]1C(=O)NCc1c(C)cc(C)cc1C. The van der Waals surface area contributed by atoms with E-state index >= 15 is 0 Å². The maximum atomic E-state index is 13.0. The highest BCUT2D eigenvalue weighted by atomic mass is 16.2. The van der Waals surface area contributed by atoms with Gasteiger partial charge in [0.25, 0.3) is 0 Å². The molecule has 0 radical (unpaired) electrons. The van der Waals surface area contributed by atoms with Crippen LogP contribution in [-0.2, 0) is 22.6 Å². The number of nitrogens with one attached hydrogen (secondary N) is 1. The smallest absolute Gasteiger partial charge is 0.247 e. The first-order chi connectivity index (χ1) is 12.4. The highest BCUT2D eigenvalue weighted by molar-refractivity contribution is 5.88. The molecule has 4 heteroatoms. The maximum absolute atomic E-state index is 13.0. The second-order valence-corrected chi connectivity index (χ2v) is 7.16. The Morgan fingerprint density at radius 3 is 2.42 bits per heavy atom. The second-order valence-electron chi connectivity index (χ2n) is 7.16. The van der Waals surface area contributed by atoms with Gasteiger partial charge in [-0.2, -0.15) is 0 Å². The predicted molar refractivity (Wildman–Crippen MR) is 103 cm³/mol. The highest BCUT2D eigenvalue weighted by Crippen LogP contribution is 2.30. The van der Waals surface area contributed by atoms with Crippen LogP contribution in [0.2, 0.25) is 0 Å². The summed E-state index contributed by atoms with van der Waals surface area (Å²) in [6.07, 6.45) is 0.787.